The summed E-state index contributed by atoms with van der Waals surface area (Å²) in [5.74, 6) is 0.843. The van der Waals surface area contributed by atoms with Crippen molar-refractivity contribution in [3.63, 3.8) is 0 Å². The van der Waals surface area contributed by atoms with Gasteiger partial charge >= 0.3 is 0 Å². The number of carbonyl (C=O) groups is 1. The van der Waals surface area contributed by atoms with Crippen LogP contribution in [0.3, 0.4) is 0 Å². The molecule has 0 heterocycles. The van der Waals surface area contributed by atoms with E-state index in [4.69, 9.17) is 0 Å². The average molecular weight is 298 g/mol. The molecule has 5 nitrogen and oxygen atoms in total. The molecule has 0 atom stereocenters. The molecule has 0 radical (unpaired) electrons. The molecule has 0 saturated heterocycles. The minimum atomic E-state index is 0.00168. The molecule has 0 spiro atoms. The van der Waals surface area contributed by atoms with E-state index < -0.39 is 0 Å². The van der Waals surface area contributed by atoms with E-state index in [-0.39, 0.29) is 5.91 Å². The maximum atomic E-state index is 10.8. The van der Waals surface area contributed by atoms with Crippen LogP contribution in [0, 0.1) is 0 Å². The SMILES string of the molecule is CCCCCCCCCN=C(NCC)NCCNC(C)=O. The van der Waals surface area contributed by atoms with Crippen molar-refractivity contribution in [3.05, 3.63) is 0 Å². The number of rotatable bonds is 12. The first-order chi connectivity index (χ1) is 10.2. The minimum Gasteiger partial charge on any atom is -0.357 e. The fourth-order valence-electron chi connectivity index (χ4n) is 2.02. The van der Waals surface area contributed by atoms with Crippen LogP contribution >= 0.6 is 0 Å². The molecule has 5 heteroatoms. The zero-order valence-corrected chi connectivity index (χ0v) is 14.1. The largest absolute Gasteiger partial charge is 0.357 e. The Balaban J connectivity index is 3.66. The number of hydrogen-bond acceptors (Lipinski definition) is 2. The fourth-order valence-corrected chi connectivity index (χ4v) is 2.02. The lowest BCUT2D eigenvalue weighted by Crippen LogP contribution is -2.41. The van der Waals surface area contributed by atoms with Crippen molar-refractivity contribution < 1.29 is 4.79 Å². The standard InChI is InChI=1S/C16H34N4O/c1-4-6-7-8-9-10-11-12-19-16(17-5-2)20-14-13-18-15(3)21/h4-14H2,1-3H3,(H,18,21)(H2,17,19,20). The number of unbranched alkanes of at least 4 members (excludes halogenated alkanes) is 6. The first-order valence-corrected chi connectivity index (χ1v) is 8.47. The van der Waals surface area contributed by atoms with E-state index in [0.717, 1.165) is 25.5 Å². The molecular formula is C16H34N4O. The maximum Gasteiger partial charge on any atom is 0.216 e. The second-order valence-corrected chi connectivity index (χ2v) is 5.29. The monoisotopic (exact) mass is 298 g/mol. The van der Waals surface area contributed by atoms with E-state index in [1.165, 1.54) is 45.4 Å². The van der Waals surface area contributed by atoms with Gasteiger partial charge in [0.25, 0.3) is 0 Å². The molecule has 0 fully saturated rings. The third-order valence-corrected chi connectivity index (χ3v) is 3.17. The molecule has 0 aliphatic rings. The quantitative estimate of drug-likeness (QED) is 0.294. The van der Waals surface area contributed by atoms with Crippen molar-refractivity contribution in [2.24, 2.45) is 4.99 Å². The molecule has 3 N–H and O–H groups in total. The van der Waals surface area contributed by atoms with Crippen molar-refractivity contribution in [2.75, 3.05) is 26.2 Å². The molecule has 0 aliphatic heterocycles. The van der Waals surface area contributed by atoms with Gasteiger partial charge in [-0.1, -0.05) is 45.4 Å². The molecule has 21 heavy (non-hydrogen) atoms. The van der Waals surface area contributed by atoms with Gasteiger partial charge in [0, 0.05) is 33.1 Å². The first kappa shape index (κ1) is 19.7. The highest BCUT2D eigenvalue weighted by molar-refractivity contribution is 5.79. The van der Waals surface area contributed by atoms with E-state index in [1.54, 1.807) is 0 Å². The Morgan fingerprint density at radius 1 is 0.857 bits per heavy atom. The zero-order chi connectivity index (χ0) is 15.8. The van der Waals surface area contributed by atoms with Gasteiger partial charge in [0.1, 0.15) is 0 Å². The molecule has 0 aromatic heterocycles. The zero-order valence-electron chi connectivity index (χ0n) is 14.1. The molecule has 0 unspecified atom stereocenters. The molecule has 0 bridgehead atoms. The van der Waals surface area contributed by atoms with Crippen LogP contribution in [0.15, 0.2) is 4.99 Å². The van der Waals surface area contributed by atoms with Crippen LogP contribution in [0.2, 0.25) is 0 Å². The molecule has 0 aromatic carbocycles. The molecule has 0 aliphatic carbocycles. The summed E-state index contributed by atoms with van der Waals surface area (Å²) in [6.45, 7) is 8.86. The predicted molar refractivity (Wildman–Crippen MR) is 90.7 cm³/mol. The van der Waals surface area contributed by atoms with Gasteiger partial charge in [-0.05, 0) is 13.3 Å². The van der Waals surface area contributed by atoms with Crippen molar-refractivity contribution >= 4 is 11.9 Å². The highest BCUT2D eigenvalue weighted by Crippen LogP contribution is 2.06. The minimum absolute atomic E-state index is 0.00168. The van der Waals surface area contributed by atoms with Gasteiger partial charge in [-0.15, -0.1) is 0 Å². The van der Waals surface area contributed by atoms with Gasteiger partial charge in [-0.3, -0.25) is 9.79 Å². The van der Waals surface area contributed by atoms with Crippen LogP contribution in [0.4, 0.5) is 0 Å². The van der Waals surface area contributed by atoms with Crippen molar-refractivity contribution in [2.45, 2.75) is 65.7 Å². The maximum absolute atomic E-state index is 10.8. The number of aliphatic imine (C=N–C) groups is 1. The molecule has 0 saturated carbocycles. The van der Waals surface area contributed by atoms with E-state index in [9.17, 15) is 4.79 Å². The first-order valence-electron chi connectivity index (χ1n) is 8.47. The van der Waals surface area contributed by atoms with Crippen LogP contribution in [0.5, 0.6) is 0 Å². The summed E-state index contributed by atoms with van der Waals surface area (Å²) in [4.78, 5) is 15.3. The number of nitrogens with zero attached hydrogens (tertiary/aromatic N) is 1. The van der Waals surface area contributed by atoms with Gasteiger partial charge in [-0.25, -0.2) is 0 Å². The Morgan fingerprint density at radius 3 is 2.10 bits per heavy atom. The normalized spacial score (nSPS) is 11.3. The second-order valence-electron chi connectivity index (χ2n) is 5.29. The Morgan fingerprint density at radius 2 is 1.48 bits per heavy atom. The molecular weight excluding hydrogens is 264 g/mol. The number of nitrogens with one attached hydrogen (secondary N) is 3. The van der Waals surface area contributed by atoms with E-state index in [0.29, 0.717) is 13.1 Å². The fraction of sp³-hybridized carbons (Fsp3) is 0.875. The van der Waals surface area contributed by atoms with E-state index in [1.807, 2.05) is 0 Å². The summed E-state index contributed by atoms with van der Waals surface area (Å²) >= 11 is 0. The average Bonchev–Trinajstić information content (AvgIpc) is 2.46. The van der Waals surface area contributed by atoms with Crippen molar-refractivity contribution in [3.8, 4) is 0 Å². The number of carbonyl (C=O) groups excluding carboxylic acids is 1. The Hall–Kier alpha value is -1.26. The molecule has 124 valence electrons. The summed E-state index contributed by atoms with van der Waals surface area (Å²) in [6.07, 6.45) is 9.12. The van der Waals surface area contributed by atoms with Gasteiger partial charge in [0.05, 0.1) is 0 Å². The van der Waals surface area contributed by atoms with Crippen LogP contribution in [0.25, 0.3) is 0 Å². The highest BCUT2D eigenvalue weighted by atomic mass is 16.1. The molecule has 0 rings (SSSR count). The Kier molecular flexibility index (Phi) is 14.2. The van der Waals surface area contributed by atoms with Gasteiger partial charge in [0.15, 0.2) is 5.96 Å². The lowest BCUT2D eigenvalue weighted by Gasteiger charge is -2.11. The van der Waals surface area contributed by atoms with Crippen LogP contribution in [0.1, 0.15) is 65.7 Å². The van der Waals surface area contributed by atoms with Crippen LogP contribution in [-0.2, 0) is 4.79 Å². The number of guanidine groups is 1. The van der Waals surface area contributed by atoms with E-state index >= 15 is 0 Å². The second kappa shape index (κ2) is 15.1. The van der Waals surface area contributed by atoms with E-state index in [2.05, 4.69) is 34.8 Å². The lowest BCUT2D eigenvalue weighted by molar-refractivity contribution is -0.118. The van der Waals surface area contributed by atoms with Gasteiger partial charge < -0.3 is 16.0 Å². The summed E-state index contributed by atoms with van der Waals surface area (Å²) in [7, 11) is 0. The molecule has 1 amide bonds. The topological polar surface area (TPSA) is 65.5 Å². The van der Waals surface area contributed by atoms with Crippen molar-refractivity contribution in [1.82, 2.24) is 16.0 Å². The summed E-state index contributed by atoms with van der Waals surface area (Å²) in [5, 5.41) is 9.19. The number of amides is 1. The van der Waals surface area contributed by atoms with Crippen molar-refractivity contribution in [1.29, 1.82) is 0 Å². The summed E-state index contributed by atoms with van der Waals surface area (Å²) < 4.78 is 0. The van der Waals surface area contributed by atoms with Crippen LogP contribution < -0.4 is 16.0 Å². The van der Waals surface area contributed by atoms with Gasteiger partial charge in [0.2, 0.25) is 5.91 Å². The summed E-state index contributed by atoms with van der Waals surface area (Å²) in [6, 6.07) is 0. The smallest absolute Gasteiger partial charge is 0.216 e. The van der Waals surface area contributed by atoms with Crippen LogP contribution in [-0.4, -0.2) is 38.0 Å². The molecule has 0 aromatic rings. The lowest BCUT2D eigenvalue weighted by atomic mass is 10.1. The Bertz CT molecular complexity index is 279. The third-order valence-electron chi connectivity index (χ3n) is 3.17. The highest BCUT2D eigenvalue weighted by Gasteiger charge is 1.97. The Labute approximate surface area is 130 Å². The summed E-state index contributed by atoms with van der Waals surface area (Å²) in [5.41, 5.74) is 0. The van der Waals surface area contributed by atoms with Gasteiger partial charge in [-0.2, -0.15) is 0 Å². The third kappa shape index (κ3) is 15.0. The number of hydrogen-bond donors (Lipinski definition) is 3. The predicted octanol–water partition coefficient (Wildman–Crippen LogP) is 2.43.